The second-order valence-electron chi connectivity index (χ2n) is 17.8. The summed E-state index contributed by atoms with van der Waals surface area (Å²) in [5.74, 6) is 4.35. The van der Waals surface area contributed by atoms with Crippen LogP contribution < -0.4 is 9.47 Å². The van der Waals surface area contributed by atoms with Gasteiger partial charge in [-0.3, -0.25) is 0 Å². The van der Waals surface area contributed by atoms with E-state index in [0.29, 0.717) is 40.5 Å². The van der Waals surface area contributed by atoms with E-state index in [2.05, 4.69) is 164 Å². The Balaban J connectivity index is 0.849. The van der Waals surface area contributed by atoms with Gasteiger partial charge in [0.05, 0.1) is 5.41 Å². The number of ether oxygens (including phenoxy) is 2. The van der Waals surface area contributed by atoms with Crippen molar-refractivity contribution < 1.29 is 13.9 Å². The smallest absolute Gasteiger partial charge is 0.177 e. The fraction of sp³-hybridized carbons (Fsp3) is 0.0156. The fourth-order valence-electron chi connectivity index (χ4n) is 10.7. The van der Waals surface area contributed by atoms with E-state index in [1.165, 1.54) is 22.3 Å². The van der Waals surface area contributed by atoms with Crippen molar-refractivity contribution in [2.75, 3.05) is 0 Å². The molecule has 0 bridgehead atoms. The Morgan fingerprint density at radius 1 is 0.314 bits per heavy atom. The van der Waals surface area contributed by atoms with E-state index in [-0.39, 0.29) is 0 Å². The van der Waals surface area contributed by atoms with Crippen molar-refractivity contribution in [1.29, 1.82) is 0 Å². The molecule has 3 heterocycles. The quantitative estimate of drug-likeness (QED) is 0.159. The van der Waals surface area contributed by atoms with Gasteiger partial charge in [0.2, 0.25) is 0 Å². The Morgan fingerprint density at radius 3 is 1.63 bits per heavy atom. The summed E-state index contributed by atoms with van der Waals surface area (Å²) in [7, 11) is 0. The van der Waals surface area contributed by atoms with Crippen LogP contribution in [0.25, 0.3) is 89.5 Å². The summed E-state index contributed by atoms with van der Waals surface area (Å²) in [6, 6.07) is 81.9. The van der Waals surface area contributed by atoms with Gasteiger partial charge in [-0.15, -0.1) is 0 Å². The zero-order valence-corrected chi connectivity index (χ0v) is 37.6. The van der Waals surface area contributed by atoms with Gasteiger partial charge >= 0.3 is 0 Å². The largest absolute Gasteiger partial charge is 0.455 e. The van der Waals surface area contributed by atoms with Gasteiger partial charge in [0.1, 0.15) is 11.2 Å². The zero-order valence-electron chi connectivity index (χ0n) is 37.6. The SMILES string of the molecule is c1ccc(-c2nc(-c3ccc(-c4cccc5c4oc4ccccc45)cc3)nc(-c3cccc(-c4cccc5c4Oc4cc6c(cc4O5)-c4ccccc4C6(c4ccccc4)c4ccccc4)c3)n2)cc1. The van der Waals surface area contributed by atoms with E-state index >= 15 is 0 Å². The third-order valence-electron chi connectivity index (χ3n) is 13.9. The molecule has 6 heteroatoms. The molecule has 328 valence electrons. The molecule has 0 radical (unpaired) electrons. The third kappa shape index (κ3) is 6.24. The summed E-state index contributed by atoms with van der Waals surface area (Å²) in [5.41, 5.74) is 14.7. The van der Waals surface area contributed by atoms with Crippen LogP contribution in [0.4, 0.5) is 0 Å². The topological polar surface area (TPSA) is 70.3 Å². The predicted molar refractivity (Wildman–Crippen MR) is 278 cm³/mol. The Hall–Kier alpha value is -9.39. The van der Waals surface area contributed by atoms with Gasteiger partial charge in [-0.1, -0.05) is 206 Å². The molecule has 2 aromatic heterocycles. The normalized spacial score (nSPS) is 12.9. The molecule has 10 aromatic carbocycles. The monoisotopic (exact) mass is 897 g/mol. The summed E-state index contributed by atoms with van der Waals surface area (Å²) in [6.45, 7) is 0. The van der Waals surface area contributed by atoms with E-state index in [1.807, 2.05) is 72.8 Å². The lowest BCUT2D eigenvalue weighted by atomic mass is 9.67. The summed E-state index contributed by atoms with van der Waals surface area (Å²) >= 11 is 0. The first-order chi connectivity index (χ1) is 34.7. The molecule has 1 aliphatic heterocycles. The minimum absolute atomic E-state index is 0.558. The number of rotatable bonds is 7. The molecule has 12 aromatic rings. The van der Waals surface area contributed by atoms with E-state index in [9.17, 15) is 0 Å². The molecule has 70 heavy (non-hydrogen) atoms. The molecule has 14 rings (SSSR count). The number of hydrogen-bond donors (Lipinski definition) is 0. The maximum atomic E-state index is 7.06. The van der Waals surface area contributed by atoms with E-state index in [4.69, 9.17) is 28.8 Å². The van der Waals surface area contributed by atoms with Gasteiger partial charge in [-0.05, 0) is 74.8 Å². The van der Waals surface area contributed by atoms with E-state index in [1.54, 1.807) is 0 Å². The van der Waals surface area contributed by atoms with Crippen LogP contribution in [0.1, 0.15) is 22.3 Å². The lowest BCUT2D eigenvalue weighted by Gasteiger charge is -2.34. The molecule has 0 spiro atoms. The number of benzene rings is 10. The second-order valence-corrected chi connectivity index (χ2v) is 17.8. The second kappa shape index (κ2) is 15.9. The minimum atomic E-state index is -0.574. The van der Waals surface area contributed by atoms with Crippen LogP contribution in [0.3, 0.4) is 0 Å². The Kier molecular flexibility index (Phi) is 9.01. The Morgan fingerprint density at radius 2 is 0.857 bits per heavy atom. The van der Waals surface area contributed by atoms with E-state index in [0.717, 1.165) is 72.0 Å². The van der Waals surface area contributed by atoms with Gasteiger partial charge in [-0.25, -0.2) is 15.0 Å². The third-order valence-corrected chi connectivity index (χ3v) is 13.9. The van der Waals surface area contributed by atoms with Crippen LogP contribution in [-0.2, 0) is 5.41 Å². The maximum Gasteiger partial charge on any atom is 0.177 e. The summed E-state index contributed by atoms with van der Waals surface area (Å²) in [6.07, 6.45) is 0. The molecule has 0 saturated heterocycles. The van der Waals surface area contributed by atoms with Crippen molar-refractivity contribution >= 4 is 21.9 Å². The average molecular weight is 898 g/mol. The van der Waals surface area contributed by atoms with Crippen LogP contribution >= 0.6 is 0 Å². The number of furan rings is 1. The molecule has 0 atom stereocenters. The number of nitrogens with zero attached hydrogens (tertiary/aromatic N) is 3. The van der Waals surface area contributed by atoms with Gasteiger partial charge in [0, 0.05) is 38.6 Å². The van der Waals surface area contributed by atoms with Gasteiger partial charge < -0.3 is 13.9 Å². The van der Waals surface area contributed by atoms with Gasteiger partial charge in [-0.2, -0.15) is 0 Å². The molecule has 0 amide bonds. The predicted octanol–water partition coefficient (Wildman–Crippen LogP) is 16.4. The van der Waals surface area contributed by atoms with E-state index < -0.39 is 5.41 Å². The number of para-hydroxylation sites is 3. The summed E-state index contributed by atoms with van der Waals surface area (Å²) < 4.78 is 20.3. The van der Waals surface area contributed by atoms with Gasteiger partial charge in [0.15, 0.2) is 40.5 Å². The molecule has 0 saturated carbocycles. The standard InChI is InChI=1S/C64H39N3O3/c1-4-17-41(18-5-1)61-65-62(42-35-33-40(34-36-42)47-27-15-29-51-50-26-11-13-31-55(50)69-59(47)51)67-63(66-61)44-20-14-19-43(37-44)48-28-16-32-56-60(48)70-58-39-54-52(38-57(58)68-56)49-25-10-12-30-53(49)64(54,45-21-6-2-7-22-45)46-23-8-3-9-24-46/h1-39H. The van der Waals surface area contributed by atoms with Gasteiger partial charge in [0.25, 0.3) is 0 Å². The molecular weight excluding hydrogens is 859 g/mol. The maximum absolute atomic E-state index is 7.06. The highest BCUT2D eigenvalue weighted by Crippen LogP contribution is 2.60. The minimum Gasteiger partial charge on any atom is -0.455 e. The lowest BCUT2D eigenvalue weighted by Crippen LogP contribution is -2.28. The van der Waals surface area contributed by atoms with Crippen molar-refractivity contribution in [3.8, 4) is 90.5 Å². The highest BCUT2D eigenvalue weighted by Gasteiger charge is 2.47. The first kappa shape index (κ1) is 39.7. The van der Waals surface area contributed by atoms with Crippen molar-refractivity contribution in [3.63, 3.8) is 0 Å². The molecule has 0 unspecified atom stereocenters. The van der Waals surface area contributed by atoms with Crippen LogP contribution in [0, 0.1) is 0 Å². The number of hydrogen-bond acceptors (Lipinski definition) is 6. The Bertz CT molecular complexity index is 3960. The van der Waals surface area contributed by atoms with Crippen molar-refractivity contribution in [2.45, 2.75) is 5.41 Å². The fourth-order valence-corrected chi connectivity index (χ4v) is 10.7. The molecular formula is C64H39N3O3. The highest BCUT2D eigenvalue weighted by molar-refractivity contribution is 6.09. The summed E-state index contributed by atoms with van der Waals surface area (Å²) in [5, 5.41) is 2.20. The Labute approximate surface area is 403 Å². The van der Waals surface area contributed by atoms with Crippen molar-refractivity contribution in [2.24, 2.45) is 0 Å². The zero-order chi connectivity index (χ0) is 46.2. The molecule has 6 nitrogen and oxygen atoms in total. The first-order valence-electron chi connectivity index (χ1n) is 23.5. The highest BCUT2D eigenvalue weighted by atomic mass is 16.6. The van der Waals surface area contributed by atoms with Crippen LogP contribution in [-0.4, -0.2) is 15.0 Å². The molecule has 0 N–H and O–H groups in total. The number of fused-ring (bicyclic) bond motifs is 8. The summed E-state index contributed by atoms with van der Waals surface area (Å²) in [4.78, 5) is 15.3. The van der Waals surface area contributed by atoms with Crippen LogP contribution in [0.5, 0.6) is 23.0 Å². The van der Waals surface area contributed by atoms with Crippen molar-refractivity contribution in [1.82, 2.24) is 15.0 Å². The first-order valence-corrected chi connectivity index (χ1v) is 23.5. The van der Waals surface area contributed by atoms with Crippen molar-refractivity contribution in [3.05, 3.63) is 259 Å². The molecule has 0 fully saturated rings. The molecule has 1 aliphatic carbocycles. The average Bonchev–Trinajstić information content (AvgIpc) is 3.96. The number of aromatic nitrogens is 3. The van der Waals surface area contributed by atoms with Crippen LogP contribution in [0.15, 0.2) is 241 Å². The lowest BCUT2D eigenvalue weighted by molar-refractivity contribution is 0.360. The molecule has 2 aliphatic rings. The van der Waals surface area contributed by atoms with Crippen LogP contribution in [0.2, 0.25) is 0 Å².